The topological polar surface area (TPSA) is 24.9 Å². The maximum Gasteiger partial charge on any atom is 0.0701 e. The van der Waals surface area contributed by atoms with Gasteiger partial charge in [-0.15, -0.1) is 0 Å². The van der Waals surface area contributed by atoms with Crippen LogP contribution < -0.4 is 5.32 Å². The molecule has 1 aromatic heterocycles. The Hall–Kier alpha value is -2.19. The van der Waals surface area contributed by atoms with E-state index >= 15 is 0 Å². The van der Waals surface area contributed by atoms with Crippen molar-refractivity contribution in [3.05, 3.63) is 78.0 Å². The van der Waals surface area contributed by atoms with E-state index in [0.29, 0.717) is 0 Å². The van der Waals surface area contributed by atoms with Gasteiger partial charge < -0.3 is 5.32 Å². The molecule has 0 unspecified atom stereocenters. The molecule has 2 heterocycles. The molecule has 1 aliphatic heterocycles. The molecule has 0 fully saturated rings. The quantitative estimate of drug-likeness (QED) is 0.658. The fourth-order valence-corrected chi connectivity index (χ4v) is 2.25. The maximum atomic E-state index is 4.18. The molecule has 0 radical (unpaired) electrons. The van der Waals surface area contributed by atoms with Gasteiger partial charge in [-0.25, -0.2) is 0 Å². The van der Waals surface area contributed by atoms with Crippen LogP contribution in [-0.4, -0.2) is 4.98 Å². The molecule has 0 bridgehead atoms. The molecule has 2 heteroatoms. The van der Waals surface area contributed by atoms with E-state index in [1.165, 1.54) is 16.5 Å². The molecule has 0 atom stereocenters. The molecular formula is C17H16N2. The lowest BCUT2D eigenvalue weighted by atomic mass is 10.1. The van der Waals surface area contributed by atoms with Gasteiger partial charge in [0, 0.05) is 24.7 Å². The number of rotatable bonds is 0. The summed E-state index contributed by atoms with van der Waals surface area (Å²) in [6.07, 6.45) is 1.81. The zero-order valence-electron chi connectivity index (χ0n) is 10.7. The lowest BCUT2D eigenvalue weighted by molar-refractivity contribution is 0.765. The number of para-hydroxylation sites is 1. The third kappa shape index (κ3) is 2.80. The molecule has 19 heavy (non-hydrogen) atoms. The molecule has 1 aliphatic rings. The number of nitrogens with one attached hydrogen (secondary N) is 1. The van der Waals surface area contributed by atoms with E-state index in [2.05, 4.69) is 46.7 Å². The van der Waals surface area contributed by atoms with Crippen molar-refractivity contribution in [1.82, 2.24) is 10.3 Å². The Morgan fingerprint density at radius 2 is 1.37 bits per heavy atom. The van der Waals surface area contributed by atoms with Gasteiger partial charge in [-0.3, -0.25) is 4.98 Å². The van der Waals surface area contributed by atoms with Crippen LogP contribution in [0, 0.1) is 0 Å². The monoisotopic (exact) mass is 248 g/mol. The molecule has 0 saturated heterocycles. The van der Waals surface area contributed by atoms with Gasteiger partial charge in [0.05, 0.1) is 5.52 Å². The molecule has 3 aromatic rings. The van der Waals surface area contributed by atoms with Gasteiger partial charge in [-0.2, -0.15) is 0 Å². The van der Waals surface area contributed by atoms with Crippen LogP contribution >= 0.6 is 0 Å². The predicted molar refractivity (Wildman–Crippen MR) is 78.7 cm³/mol. The smallest absolute Gasteiger partial charge is 0.0701 e. The SMILES string of the molecule is c1ccc2c(c1)CNC2.c1ccc2ncccc2c1. The molecule has 2 nitrogen and oxygen atoms in total. The van der Waals surface area contributed by atoms with Crippen molar-refractivity contribution in [2.45, 2.75) is 13.1 Å². The summed E-state index contributed by atoms with van der Waals surface area (Å²) in [5, 5.41) is 4.49. The van der Waals surface area contributed by atoms with Crippen LogP contribution in [0.3, 0.4) is 0 Å². The van der Waals surface area contributed by atoms with Crippen molar-refractivity contribution in [3.63, 3.8) is 0 Å². The summed E-state index contributed by atoms with van der Waals surface area (Å²) in [7, 11) is 0. The third-order valence-electron chi connectivity index (χ3n) is 3.26. The van der Waals surface area contributed by atoms with Crippen LogP contribution in [-0.2, 0) is 13.1 Å². The average molecular weight is 248 g/mol. The number of fused-ring (bicyclic) bond motifs is 2. The van der Waals surface area contributed by atoms with E-state index in [1.807, 2.05) is 30.5 Å². The Labute approximate surface area is 113 Å². The molecule has 0 amide bonds. The number of hydrogen-bond acceptors (Lipinski definition) is 2. The summed E-state index contributed by atoms with van der Waals surface area (Å²) in [4.78, 5) is 4.18. The number of pyridine rings is 1. The first-order valence-corrected chi connectivity index (χ1v) is 6.51. The first kappa shape index (κ1) is 11.9. The Kier molecular flexibility index (Phi) is 3.52. The molecule has 0 saturated carbocycles. The van der Waals surface area contributed by atoms with Crippen molar-refractivity contribution >= 4 is 10.9 Å². The van der Waals surface area contributed by atoms with Gasteiger partial charge in [0.1, 0.15) is 0 Å². The molecule has 1 N–H and O–H groups in total. The van der Waals surface area contributed by atoms with Crippen molar-refractivity contribution < 1.29 is 0 Å². The molecule has 2 aromatic carbocycles. The van der Waals surface area contributed by atoms with Crippen LogP contribution in [0.4, 0.5) is 0 Å². The van der Waals surface area contributed by atoms with Crippen molar-refractivity contribution in [2.24, 2.45) is 0 Å². The summed E-state index contributed by atoms with van der Waals surface area (Å²) in [5.41, 5.74) is 3.97. The minimum Gasteiger partial charge on any atom is -0.309 e. The zero-order chi connectivity index (χ0) is 12.9. The zero-order valence-corrected chi connectivity index (χ0v) is 10.7. The Morgan fingerprint density at radius 1 is 0.737 bits per heavy atom. The highest BCUT2D eigenvalue weighted by Gasteiger charge is 2.06. The molecular weight excluding hydrogens is 232 g/mol. The minimum atomic E-state index is 1.05. The van der Waals surface area contributed by atoms with Crippen LogP contribution in [0.1, 0.15) is 11.1 Å². The van der Waals surface area contributed by atoms with Gasteiger partial charge in [0.25, 0.3) is 0 Å². The van der Waals surface area contributed by atoms with Gasteiger partial charge in [0.15, 0.2) is 0 Å². The first-order chi connectivity index (χ1) is 9.43. The third-order valence-corrected chi connectivity index (χ3v) is 3.26. The van der Waals surface area contributed by atoms with E-state index < -0.39 is 0 Å². The average Bonchev–Trinajstić information content (AvgIpc) is 2.96. The number of nitrogens with zero attached hydrogens (tertiary/aromatic N) is 1. The standard InChI is InChI=1S/C9H7N.C8H9N/c1-2-6-9-8(4-1)5-3-7-10-9;1-2-4-8-6-9-5-7(8)3-1/h1-7H;1-4,9H,5-6H2. The highest BCUT2D eigenvalue weighted by atomic mass is 14.9. The van der Waals surface area contributed by atoms with E-state index in [9.17, 15) is 0 Å². The van der Waals surface area contributed by atoms with Crippen molar-refractivity contribution in [3.8, 4) is 0 Å². The number of benzene rings is 2. The van der Waals surface area contributed by atoms with E-state index in [4.69, 9.17) is 0 Å². The normalized spacial score (nSPS) is 12.6. The van der Waals surface area contributed by atoms with Crippen LogP contribution in [0.15, 0.2) is 66.9 Å². The summed E-state index contributed by atoms with van der Waals surface area (Å²) >= 11 is 0. The second kappa shape index (κ2) is 5.63. The van der Waals surface area contributed by atoms with Crippen molar-refractivity contribution in [2.75, 3.05) is 0 Å². The van der Waals surface area contributed by atoms with Crippen LogP contribution in [0.25, 0.3) is 10.9 Å². The summed E-state index contributed by atoms with van der Waals surface area (Å²) in [6, 6.07) is 20.6. The Balaban J connectivity index is 0.000000117. The van der Waals surface area contributed by atoms with Crippen molar-refractivity contribution in [1.29, 1.82) is 0 Å². The molecule has 0 aliphatic carbocycles. The van der Waals surface area contributed by atoms with E-state index in [1.54, 1.807) is 0 Å². The van der Waals surface area contributed by atoms with Crippen LogP contribution in [0.2, 0.25) is 0 Å². The van der Waals surface area contributed by atoms with Gasteiger partial charge in [-0.05, 0) is 23.3 Å². The fourth-order valence-electron chi connectivity index (χ4n) is 2.25. The molecule has 4 rings (SSSR count). The number of aromatic nitrogens is 1. The maximum absolute atomic E-state index is 4.18. The lowest BCUT2D eigenvalue weighted by Gasteiger charge is -1.91. The Morgan fingerprint density at radius 3 is 2.11 bits per heavy atom. The predicted octanol–water partition coefficient (Wildman–Crippen LogP) is 3.52. The lowest BCUT2D eigenvalue weighted by Crippen LogP contribution is -1.99. The second-order valence-electron chi connectivity index (χ2n) is 4.57. The highest BCUT2D eigenvalue weighted by Crippen LogP contribution is 2.13. The molecule has 0 spiro atoms. The van der Waals surface area contributed by atoms with E-state index in [-0.39, 0.29) is 0 Å². The minimum absolute atomic E-state index is 1.05. The summed E-state index contributed by atoms with van der Waals surface area (Å²) < 4.78 is 0. The first-order valence-electron chi connectivity index (χ1n) is 6.51. The fraction of sp³-hybridized carbons (Fsp3) is 0.118. The Bertz CT molecular complexity index is 588. The van der Waals surface area contributed by atoms with Gasteiger partial charge in [-0.1, -0.05) is 48.5 Å². The number of hydrogen-bond donors (Lipinski definition) is 1. The largest absolute Gasteiger partial charge is 0.309 e. The van der Waals surface area contributed by atoms with Crippen LogP contribution in [0.5, 0.6) is 0 Å². The van der Waals surface area contributed by atoms with E-state index in [0.717, 1.165) is 18.6 Å². The van der Waals surface area contributed by atoms with Gasteiger partial charge in [0.2, 0.25) is 0 Å². The summed E-state index contributed by atoms with van der Waals surface area (Å²) in [6.45, 7) is 2.10. The second-order valence-corrected chi connectivity index (χ2v) is 4.57. The van der Waals surface area contributed by atoms with Gasteiger partial charge >= 0.3 is 0 Å². The molecule has 94 valence electrons. The summed E-state index contributed by atoms with van der Waals surface area (Å²) in [5.74, 6) is 0. The highest BCUT2D eigenvalue weighted by molar-refractivity contribution is 5.77.